The molecule has 0 spiro atoms. The first-order valence-corrected chi connectivity index (χ1v) is 10.8. The van der Waals surface area contributed by atoms with Crippen LogP contribution < -0.4 is 14.9 Å². The van der Waals surface area contributed by atoms with E-state index >= 15 is 0 Å². The monoisotopic (exact) mass is 434 g/mol. The summed E-state index contributed by atoms with van der Waals surface area (Å²) < 4.78 is 10.7. The summed E-state index contributed by atoms with van der Waals surface area (Å²) in [5.74, 6) is 1.85. The van der Waals surface area contributed by atoms with Gasteiger partial charge in [0.1, 0.15) is 0 Å². The Kier molecular flexibility index (Phi) is 6.18. The quantitative estimate of drug-likeness (QED) is 0.270. The number of nitrogens with zero attached hydrogens (tertiary/aromatic N) is 3. The molecule has 2 heterocycles. The van der Waals surface area contributed by atoms with Crippen molar-refractivity contribution in [3.63, 3.8) is 0 Å². The zero-order chi connectivity index (χ0) is 21.8. The van der Waals surface area contributed by atoms with E-state index in [1.807, 2.05) is 57.2 Å². The van der Waals surface area contributed by atoms with E-state index in [-0.39, 0.29) is 12.7 Å². The molecule has 1 aromatic heterocycles. The maximum absolute atomic E-state index is 12.4. The molecule has 31 heavy (non-hydrogen) atoms. The molecule has 0 bridgehead atoms. The molecule has 0 unspecified atom stereocenters. The minimum atomic E-state index is -0.267. The smallest absolute Gasteiger partial charge is 0.271 e. The molecule has 4 rings (SSSR count). The Labute approximate surface area is 184 Å². The third-order valence-corrected chi connectivity index (χ3v) is 5.58. The number of aromatic nitrogens is 2. The second-order valence-electron chi connectivity index (χ2n) is 7.13. The topological polar surface area (TPSA) is 85.7 Å². The molecular formula is C23H22N4O3S. The largest absolute Gasteiger partial charge is 0.454 e. The molecule has 0 saturated heterocycles. The maximum Gasteiger partial charge on any atom is 0.271 e. The van der Waals surface area contributed by atoms with Crippen LogP contribution in [0.2, 0.25) is 0 Å². The minimum Gasteiger partial charge on any atom is -0.454 e. The zero-order valence-corrected chi connectivity index (χ0v) is 18.3. The molecule has 7 nitrogen and oxygen atoms in total. The van der Waals surface area contributed by atoms with Crippen molar-refractivity contribution >= 4 is 23.4 Å². The van der Waals surface area contributed by atoms with Crippen molar-refractivity contribution in [2.24, 2.45) is 5.10 Å². The Balaban J connectivity index is 1.35. The van der Waals surface area contributed by atoms with E-state index in [1.165, 1.54) is 0 Å². The lowest BCUT2D eigenvalue weighted by molar-refractivity contribution is 0.0955. The summed E-state index contributed by atoms with van der Waals surface area (Å²) in [5.41, 5.74) is 7.67. The van der Waals surface area contributed by atoms with Crippen molar-refractivity contribution < 1.29 is 14.3 Å². The molecule has 8 heteroatoms. The molecule has 158 valence electrons. The van der Waals surface area contributed by atoms with E-state index in [1.54, 1.807) is 23.9 Å². The molecule has 1 amide bonds. The second kappa shape index (κ2) is 9.18. The molecule has 0 radical (unpaired) electrons. The van der Waals surface area contributed by atoms with Gasteiger partial charge in [-0.15, -0.1) is 0 Å². The average Bonchev–Trinajstić information content (AvgIpc) is 3.23. The summed E-state index contributed by atoms with van der Waals surface area (Å²) in [6.07, 6.45) is 0. The average molecular weight is 435 g/mol. The number of carbonyl (C=O) groups excluding carboxylic acids is 1. The van der Waals surface area contributed by atoms with Gasteiger partial charge >= 0.3 is 0 Å². The van der Waals surface area contributed by atoms with Crippen LogP contribution in [0.25, 0.3) is 0 Å². The van der Waals surface area contributed by atoms with Crippen LogP contribution in [0.5, 0.6) is 11.5 Å². The summed E-state index contributed by atoms with van der Waals surface area (Å²) in [5, 5.41) is 4.97. The van der Waals surface area contributed by atoms with Gasteiger partial charge in [0.15, 0.2) is 16.7 Å². The Morgan fingerprint density at radius 1 is 1.00 bits per heavy atom. The highest BCUT2D eigenvalue weighted by atomic mass is 32.2. The van der Waals surface area contributed by atoms with E-state index in [0.717, 1.165) is 33.4 Å². The predicted octanol–water partition coefficient (Wildman–Crippen LogP) is 4.27. The number of aryl methyl sites for hydroxylation is 2. The summed E-state index contributed by atoms with van der Waals surface area (Å²) in [7, 11) is 0. The van der Waals surface area contributed by atoms with Crippen molar-refractivity contribution in [2.75, 3.05) is 6.79 Å². The Bertz CT molecular complexity index is 1130. The van der Waals surface area contributed by atoms with Crippen LogP contribution in [-0.4, -0.2) is 28.4 Å². The summed E-state index contributed by atoms with van der Waals surface area (Å²) >= 11 is 1.57. The van der Waals surface area contributed by atoms with Gasteiger partial charge < -0.3 is 9.47 Å². The van der Waals surface area contributed by atoms with Gasteiger partial charge in [0.2, 0.25) is 6.79 Å². The third-order valence-electron chi connectivity index (χ3n) is 4.66. The normalized spacial score (nSPS) is 12.7. The fourth-order valence-corrected chi connectivity index (χ4v) is 3.95. The highest BCUT2D eigenvalue weighted by molar-refractivity contribution is 7.98. The second-order valence-corrected chi connectivity index (χ2v) is 8.07. The molecule has 3 aromatic rings. The minimum absolute atomic E-state index is 0.220. The number of benzene rings is 2. The number of nitrogens with one attached hydrogen (secondary N) is 1. The van der Waals surface area contributed by atoms with Crippen molar-refractivity contribution in [3.05, 3.63) is 76.6 Å². The van der Waals surface area contributed by atoms with Gasteiger partial charge in [-0.2, -0.15) is 5.10 Å². The summed E-state index contributed by atoms with van der Waals surface area (Å²) in [4.78, 5) is 21.3. The summed E-state index contributed by atoms with van der Waals surface area (Å²) in [6.45, 7) is 5.97. The van der Waals surface area contributed by atoms with Gasteiger partial charge in [-0.3, -0.25) is 4.79 Å². The lowest BCUT2D eigenvalue weighted by atomic mass is 10.1. The van der Waals surface area contributed by atoms with Crippen molar-refractivity contribution in [3.8, 4) is 11.5 Å². The number of amides is 1. The number of thioether (sulfide) groups is 1. The van der Waals surface area contributed by atoms with Crippen LogP contribution >= 0.6 is 11.8 Å². The first-order chi connectivity index (χ1) is 15.0. The van der Waals surface area contributed by atoms with Gasteiger partial charge in [0, 0.05) is 28.3 Å². The zero-order valence-electron chi connectivity index (χ0n) is 17.5. The van der Waals surface area contributed by atoms with Gasteiger partial charge in [-0.1, -0.05) is 23.9 Å². The van der Waals surface area contributed by atoms with Crippen molar-refractivity contribution in [1.29, 1.82) is 0 Å². The van der Waals surface area contributed by atoms with Gasteiger partial charge in [0.05, 0.1) is 5.71 Å². The number of carbonyl (C=O) groups is 1. The molecule has 1 N–H and O–H groups in total. The molecule has 2 aromatic carbocycles. The van der Waals surface area contributed by atoms with Crippen LogP contribution in [-0.2, 0) is 5.75 Å². The SMILES string of the molecule is CC(=NNC(=O)c1ccc(CSc2nc(C)cc(C)n2)cc1)c1ccc2c(c1)OCO2. The predicted molar refractivity (Wildman–Crippen MR) is 120 cm³/mol. The number of hydrogen-bond donors (Lipinski definition) is 1. The molecule has 0 saturated carbocycles. The lowest BCUT2D eigenvalue weighted by Crippen LogP contribution is -2.19. The molecule has 0 atom stereocenters. The molecule has 1 aliphatic rings. The molecule has 0 aliphatic carbocycles. The number of fused-ring (bicyclic) bond motifs is 1. The van der Waals surface area contributed by atoms with E-state index in [9.17, 15) is 4.79 Å². The van der Waals surface area contributed by atoms with Crippen LogP contribution in [0.1, 0.15) is 39.8 Å². The van der Waals surface area contributed by atoms with Gasteiger partial charge in [-0.25, -0.2) is 15.4 Å². The fourth-order valence-electron chi connectivity index (χ4n) is 3.04. The fraction of sp³-hybridized carbons (Fsp3) is 0.217. The molecule has 1 aliphatic heterocycles. The Morgan fingerprint density at radius 2 is 1.68 bits per heavy atom. The van der Waals surface area contributed by atoms with E-state index in [0.29, 0.717) is 22.8 Å². The Hall–Kier alpha value is -3.39. The van der Waals surface area contributed by atoms with Crippen molar-refractivity contribution in [2.45, 2.75) is 31.7 Å². The van der Waals surface area contributed by atoms with Crippen molar-refractivity contribution in [1.82, 2.24) is 15.4 Å². The number of hydrogen-bond acceptors (Lipinski definition) is 7. The van der Waals surface area contributed by atoms with Gasteiger partial charge in [0.25, 0.3) is 5.91 Å². The summed E-state index contributed by atoms with van der Waals surface area (Å²) in [6, 6.07) is 15.0. The number of hydrazone groups is 1. The van der Waals surface area contributed by atoms with E-state index < -0.39 is 0 Å². The first kappa shape index (κ1) is 20.9. The van der Waals surface area contributed by atoms with Crippen LogP contribution in [0.4, 0.5) is 0 Å². The van der Waals surface area contributed by atoms with Gasteiger partial charge in [-0.05, 0) is 62.7 Å². The highest BCUT2D eigenvalue weighted by Gasteiger charge is 2.14. The van der Waals surface area contributed by atoms with Crippen LogP contribution in [0.3, 0.4) is 0 Å². The van der Waals surface area contributed by atoms with E-state index in [2.05, 4.69) is 20.5 Å². The first-order valence-electron chi connectivity index (χ1n) is 9.76. The lowest BCUT2D eigenvalue weighted by Gasteiger charge is -2.06. The molecular weight excluding hydrogens is 412 g/mol. The Morgan fingerprint density at radius 3 is 2.42 bits per heavy atom. The highest BCUT2D eigenvalue weighted by Crippen LogP contribution is 2.32. The maximum atomic E-state index is 12.4. The third kappa shape index (κ3) is 5.21. The number of rotatable bonds is 6. The van der Waals surface area contributed by atoms with Crippen LogP contribution in [0, 0.1) is 13.8 Å². The van der Waals surface area contributed by atoms with E-state index in [4.69, 9.17) is 9.47 Å². The van der Waals surface area contributed by atoms with Crippen LogP contribution in [0.15, 0.2) is 58.8 Å². The molecule has 0 fully saturated rings. The number of ether oxygens (including phenoxy) is 2. The standard InChI is InChI=1S/C23H22N4O3S/c1-14-10-15(2)25-23(24-14)31-12-17-4-6-18(7-5-17)22(28)27-26-16(3)19-8-9-20-21(11-19)30-13-29-20/h4-11H,12-13H2,1-3H3,(H,27,28).